The van der Waals surface area contributed by atoms with Crippen molar-refractivity contribution in [3.63, 3.8) is 0 Å². The Hall–Kier alpha value is -1.06. The molecule has 1 rings (SSSR count). The topological polar surface area (TPSA) is 3.88 Å². The molecule has 26 heavy (non-hydrogen) atoms. The van der Waals surface area contributed by atoms with Crippen molar-refractivity contribution in [3.8, 4) is 11.5 Å². The van der Waals surface area contributed by atoms with E-state index in [9.17, 15) is 25.2 Å². The van der Waals surface area contributed by atoms with Crippen LogP contribution in [0.1, 0.15) is 47.1 Å². The first-order chi connectivity index (χ1) is 11.3. The molecule has 0 saturated heterocycles. The molecule has 0 bridgehead atoms. The number of rotatable bonds is 3. The molecule has 9 heteroatoms. The van der Waals surface area contributed by atoms with E-state index in [1.54, 1.807) is 0 Å². The van der Waals surface area contributed by atoms with Crippen LogP contribution in [-0.2, 0) is 7.05 Å². The van der Waals surface area contributed by atoms with Gasteiger partial charge >= 0.3 is 33.0 Å². The van der Waals surface area contributed by atoms with Crippen LogP contribution in [0.2, 0.25) is 16.6 Å². The van der Waals surface area contributed by atoms with Gasteiger partial charge in [-0.15, -0.1) is 5.54 Å². The molecular weight excluding hydrogens is 391 g/mol. The van der Waals surface area contributed by atoms with E-state index in [0.29, 0.717) is 16.6 Å². The van der Waals surface area contributed by atoms with Crippen LogP contribution in [0, 0.1) is 11.5 Å². The Bertz CT molecular complexity index is 638. The number of hydrogen-bond donors (Lipinski definition) is 0. The van der Waals surface area contributed by atoms with Gasteiger partial charge in [0.25, 0.3) is 0 Å². The van der Waals surface area contributed by atoms with E-state index in [-0.39, 0.29) is 0 Å². The van der Waals surface area contributed by atoms with Crippen molar-refractivity contribution in [2.24, 2.45) is 7.05 Å². The summed E-state index contributed by atoms with van der Waals surface area (Å²) in [6.45, 7) is 14.1. The fourth-order valence-corrected chi connectivity index (χ4v) is 8.50. The van der Waals surface area contributed by atoms with Crippen molar-refractivity contribution < 1.29 is 29.7 Å². The van der Waals surface area contributed by atoms with Gasteiger partial charge in [0.2, 0.25) is 0 Å². The third-order valence-electron chi connectivity index (χ3n) is 4.23. The number of aromatic nitrogens is 1. The quantitative estimate of drug-likeness (QED) is 0.157. The maximum atomic E-state index is 9.87. The molecule has 0 spiro atoms. The standard InChI is InChI=1S/C17H28NSi.F6P/c1-14(2)19(15(3)4,16(5)6)12-10-17-9-8-11-18(7)13-17;1-7(2,3,4,5)6/h8-9,11,13-16H,1-7H3;/q+1;-1. The molecule has 0 aliphatic carbocycles. The summed E-state index contributed by atoms with van der Waals surface area (Å²) >= 11 is 0. The van der Waals surface area contributed by atoms with E-state index >= 15 is 0 Å². The zero-order chi connectivity index (χ0) is 21.0. The molecule has 0 amide bonds. The van der Waals surface area contributed by atoms with Gasteiger partial charge in [-0.05, 0) is 22.7 Å². The van der Waals surface area contributed by atoms with Gasteiger partial charge in [0.15, 0.2) is 12.4 Å². The zero-order valence-corrected chi connectivity index (χ0v) is 18.1. The summed E-state index contributed by atoms with van der Waals surface area (Å²) in [5.41, 5.74) is 6.96. The van der Waals surface area contributed by atoms with Crippen molar-refractivity contribution in [1.82, 2.24) is 0 Å². The number of pyridine rings is 1. The third kappa shape index (κ3) is 10.2. The van der Waals surface area contributed by atoms with Gasteiger partial charge in [-0.3, -0.25) is 0 Å². The van der Waals surface area contributed by atoms with Crippen LogP contribution in [0.25, 0.3) is 0 Å². The van der Waals surface area contributed by atoms with Crippen LogP contribution < -0.4 is 4.57 Å². The number of halogens is 6. The molecule has 152 valence electrons. The molecule has 0 atom stereocenters. The maximum absolute atomic E-state index is 10.7. The van der Waals surface area contributed by atoms with Crippen molar-refractivity contribution in [2.45, 2.75) is 58.2 Å². The SMILES string of the molecule is CC(C)[Si](C#Cc1ccc[n+](C)c1)(C(C)C)C(C)C.F[P-](F)(F)(F)(F)F. The summed E-state index contributed by atoms with van der Waals surface area (Å²) in [6.07, 6.45) is 4.15. The number of nitrogens with zero attached hydrogens (tertiary/aromatic N) is 1. The van der Waals surface area contributed by atoms with Gasteiger partial charge in [0, 0.05) is 6.07 Å². The Morgan fingerprint density at radius 1 is 0.885 bits per heavy atom. The van der Waals surface area contributed by atoms with Gasteiger partial charge < -0.3 is 0 Å². The number of hydrogen-bond acceptors (Lipinski definition) is 0. The summed E-state index contributed by atoms with van der Waals surface area (Å²) in [7, 11) is -10.2. The molecule has 0 aliphatic rings. The molecule has 0 radical (unpaired) electrons. The van der Waals surface area contributed by atoms with E-state index in [2.05, 4.69) is 75.9 Å². The fourth-order valence-electron chi connectivity index (χ4n) is 3.28. The van der Waals surface area contributed by atoms with Crippen LogP contribution in [0.5, 0.6) is 0 Å². The summed E-state index contributed by atoms with van der Waals surface area (Å²) in [5.74, 6) is 3.46. The monoisotopic (exact) mass is 419 g/mol. The van der Waals surface area contributed by atoms with Gasteiger partial charge in [-0.1, -0.05) is 47.5 Å². The van der Waals surface area contributed by atoms with Crippen molar-refractivity contribution in [3.05, 3.63) is 30.1 Å². The van der Waals surface area contributed by atoms with Crippen LogP contribution in [0.3, 0.4) is 0 Å². The first-order valence-corrected chi connectivity index (χ1v) is 12.6. The van der Waals surface area contributed by atoms with Crippen molar-refractivity contribution in [2.75, 3.05) is 0 Å². The predicted molar refractivity (Wildman–Crippen MR) is 99.1 cm³/mol. The Kier molecular flexibility index (Phi) is 7.21. The van der Waals surface area contributed by atoms with Crippen LogP contribution in [-0.4, -0.2) is 8.07 Å². The molecule has 0 saturated carbocycles. The minimum absolute atomic E-state index is 0.692. The normalized spacial score (nSPS) is 14.9. The summed E-state index contributed by atoms with van der Waals surface area (Å²) in [5, 5.41) is 0. The Balaban J connectivity index is 0.000000758. The number of aryl methyl sites for hydroxylation is 1. The molecule has 0 N–H and O–H groups in total. The van der Waals surface area contributed by atoms with Crippen molar-refractivity contribution >= 4 is 15.9 Å². The summed E-state index contributed by atoms with van der Waals surface area (Å²) in [6, 6.07) is 4.17. The molecule has 0 aliphatic heterocycles. The van der Waals surface area contributed by atoms with Gasteiger partial charge in [0.1, 0.15) is 15.1 Å². The molecule has 0 unspecified atom stereocenters. The van der Waals surface area contributed by atoms with Gasteiger partial charge in [-0.2, -0.15) is 0 Å². The van der Waals surface area contributed by atoms with Crippen LogP contribution in [0.15, 0.2) is 24.5 Å². The second kappa shape index (κ2) is 7.51. The fraction of sp³-hybridized carbons (Fsp3) is 0.588. The molecule has 1 heterocycles. The van der Waals surface area contributed by atoms with Crippen LogP contribution >= 0.6 is 7.81 Å². The van der Waals surface area contributed by atoms with Crippen molar-refractivity contribution in [1.29, 1.82) is 0 Å². The minimum atomic E-state index is -10.7. The molecule has 1 nitrogen and oxygen atoms in total. The zero-order valence-electron chi connectivity index (χ0n) is 16.2. The van der Waals surface area contributed by atoms with E-state index in [1.165, 1.54) is 0 Å². The van der Waals surface area contributed by atoms with Gasteiger partial charge in [-0.25, -0.2) is 4.57 Å². The van der Waals surface area contributed by atoms with E-state index in [0.717, 1.165) is 5.56 Å². The molecule has 1 aromatic heterocycles. The molecule has 0 fully saturated rings. The molecule has 0 aromatic carbocycles. The van der Waals surface area contributed by atoms with E-state index in [4.69, 9.17) is 0 Å². The Labute approximate surface area is 153 Å². The average molecular weight is 419 g/mol. The first-order valence-electron chi connectivity index (χ1n) is 8.30. The van der Waals surface area contributed by atoms with Crippen LogP contribution in [0.4, 0.5) is 25.2 Å². The van der Waals surface area contributed by atoms with E-state index in [1.807, 2.05) is 13.2 Å². The molecule has 1 aromatic rings. The first kappa shape index (κ1) is 24.9. The van der Waals surface area contributed by atoms with E-state index < -0.39 is 15.9 Å². The van der Waals surface area contributed by atoms with Gasteiger partial charge in [0.05, 0.1) is 5.56 Å². The molecular formula is C17H28F6NPSi. The Morgan fingerprint density at radius 3 is 1.58 bits per heavy atom. The second-order valence-corrected chi connectivity index (χ2v) is 14.9. The Morgan fingerprint density at radius 2 is 1.27 bits per heavy atom. The summed E-state index contributed by atoms with van der Waals surface area (Å²) in [4.78, 5) is 0. The predicted octanol–water partition coefficient (Wildman–Crippen LogP) is 7.46. The average Bonchev–Trinajstić information content (AvgIpc) is 2.34. The third-order valence-corrected chi connectivity index (χ3v) is 10.5. The second-order valence-electron chi connectivity index (χ2n) is 7.36. The summed E-state index contributed by atoms with van der Waals surface area (Å²) < 4.78 is 61.3.